The summed E-state index contributed by atoms with van der Waals surface area (Å²) in [5.41, 5.74) is 3.86. The molecule has 0 bridgehead atoms. The lowest BCUT2D eigenvalue weighted by Gasteiger charge is -2.33. The fourth-order valence-electron chi connectivity index (χ4n) is 4.68. The molecule has 0 unspecified atom stereocenters. The average Bonchev–Trinajstić information content (AvgIpc) is 3.33. The largest absolute Gasteiger partial charge is 0.274 e. The van der Waals surface area contributed by atoms with Crippen molar-refractivity contribution >= 4 is 48.3 Å². The van der Waals surface area contributed by atoms with Crippen LogP contribution in [0.3, 0.4) is 0 Å². The lowest BCUT2D eigenvalue weighted by Crippen LogP contribution is -2.43. The van der Waals surface area contributed by atoms with Crippen molar-refractivity contribution in [3.63, 3.8) is 0 Å². The number of para-hydroxylation sites is 1. The highest BCUT2D eigenvalue weighted by Crippen LogP contribution is 2.37. The molecule has 192 valence electrons. The monoisotopic (exact) mass is 533 g/mol. The molecule has 1 saturated heterocycles. The zero-order valence-electron chi connectivity index (χ0n) is 21.3. The van der Waals surface area contributed by atoms with E-state index in [0.29, 0.717) is 41.9 Å². The lowest BCUT2D eigenvalue weighted by molar-refractivity contribution is -0.122. The molecule has 0 N–H and O–H groups in total. The predicted molar refractivity (Wildman–Crippen MR) is 150 cm³/mol. The van der Waals surface area contributed by atoms with Crippen molar-refractivity contribution in [2.24, 2.45) is 5.92 Å². The maximum Gasteiger partial charge on any atom is 0.243 e. The maximum atomic E-state index is 14.0. The molecule has 1 aliphatic rings. The summed E-state index contributed by atoms with van der Waals surface area (Å²) in [5.74, 6) is 0.0606. The number of aryl methyl sites for hydroxylation is 1. The molecule has 5 rings (SSSR count). The van der Waals surface area contributed by atoms with E-state index in [1.165, 1.54) is 21.2 Å². The highest BCUT2D eigenvalue weighted by Gasteiger charge is 2.35. The van der Waals surface area contributed by atoms with Gasteiger partial charge >= 0.3 is 0 Å². The van der Waals surface area contributed by atoms with Crippen LogP contribution < -0.4 is 4.90 Å². The molecule has 1 fully saturated rings. The molecule has 37 heavy (non-hydrogen) atoms. The molecule has 0 radical (unpaired) electrons. The summed E-state index contributed by atoms with van der Waals surface area (Å²) >= 11 is 1.49. The first-order valence-electron chi connectivity index (χ1n) is 12.6. The number of amides is 1. The van der Waals surface area contributed by atoms with E-state index < -0.39 is 10.0 Å². The van der Waals surface area contributed by atoms with Gasteiger partial charge in [0.2, 0.25) is 15.9 Å². The Morgan fingerprint density at radius 2 is 1.62 bits per heavy atom. The predicted octanol–water partition coefficient (Wildman–Crippen LogP) is 6.49. The van der Waals surface area contributed by atoms with Gasteiger partial charge in [0, 0.05) is 19.0 Å². The number of hydrogen-bond donors (Lipinski definition) is 0. The van der Waals surface area contributed by atoms with E-state index in [-0.39, 0.29) is 11.8 Å². The third-order valence-corrected chi connectivity index (χ3v) is 9.91. The van der Waals surface area contributed by atoms with Crippen molar-refractivity contribution in [1.82, 2.24) is 9.29 Å². The van der Waals surface area contributed by atoms with Gasteiger partial charge in [-0.1, -0.05) is 67.1 Å². The number of rotatable bonds is 6. The van der Waals surface area contributed by atoms with Crippen LogP contribution in [0.15, 0.2) is 77.7 Å². The van der Waals surface area contributed by atoms with E-state index in [2.05, 4.69) is 26.0 Å². The zero-order chi connectivity index (χ0) is 26.2. The standard InChI is InChI=1S/C29H31N3O3S2/c1-20(2)22-10-12-24(13-11-22)32(29-30-26-6-4-5-7-27(26)36-29)28(33)23-16-18-31(19-17-23)37(34,35)25-14-8-21(3)9-15-25/h4-15,20,23H,16-19H2,1-3H3. The van der Waals surface area contributed by atoms with Gasteiger partial charge in [-0.15, -0.1) is 0 Å². The van der Waals surface area contributed by atoms with Crippen LogP contribution in [-0.2, 0) is 14.8 Å². The van der Waals surface area contributed by atoms with Gasteiger partial charge in [-0.3, -0.25) is 9.69 Å². The zero-order valence-corrected chi connectivity index (χ0v) is 22.9. The Labute approximate surface area is 222 Å². The van der Waals surface area contributed by atoms with Gasteiger partial charge in [-0.05, 0) is 67.6 Å². The number of anilines is 2. The Morgan fingerprint density at radius 3 is 2.24 bits per heavy atom. The Balaban J connectivity index is 1.40. The molecule has 6 nitrogen and oxygen atoms in total. The number of aromatic nitrogens is 1. The molecule has 2 heterocycles. The normalized spacial score (nSPS) is 15.4. The Kier molecular flexibility index (Phi) is 7.16. The summed E-state index contributed by atoms with van der Waals surface area (Å²) in [7, 11) is -3.58. The van der Waals surface area contributed by atoms with Crippen LogP contribution in [0, 0.1) is 12.8 Å². The minimum atomic E-state index is -3.58. The first kappa shape index (κ1) is 25.6. The molecule has 0 saturated carbocycles. The van der Waals surface area contributed by atoms with Crippen LogP contribution in [0.5, 0.6) is 0 Å². The molecule has 4 aromatic rings. The second-order valence-corrected chi connectivity index (χ2v) is 12.8. The third kappa shape index (κ3) is 5.19. The molecule has 0 aliphatic carbocycles. The number of hydrogen-bond acceptors (Lipinski definition) is 5. The van der Waals surface area contributed by atoms with Crippen molar-refractivity contribution < 1.29 is 13.2 Å². The summed E-state index contributed by atoms with van der Waals surface area (Å²) in [6, 6.07) is 22.9. The molecular weight excluding hydrogens is 502 g/mol. The van der Waals surface area contributed by atoms with E-state index in [1.54, 1.807) is 17.0 Å². The lowest BCUT2D eigenvalue weighted by atomic mass is 9.96. The number of nitrogens with zero attached hydrogens (tertiary/aromatic N) is 3. The quantitative estimate of drug-likeness (QED) is 0.284. The van der Waals surface area contributed by atoms with Gasteiger partial charge in [-0.2, -0.15) is 4.31 Å². The van der Waals surface area contributed by atoms with Gasteiger partial charge in [0.15, 0.2) is 5.13 Å². The van der Waals surface area contributed by atoms with E-state index >= 15 is 0 Å². The van der Waals surface area contributed by atoms with Crippen LogP contribution in [0.1, 0.15) is 43.7 Å². The number of carbonyl (C=O) groups excluding carboxylic acids is 1. The summed E-state index contributed by atoms with van der Waals surface area (Å²) in [4.78, 5) is 20.8. The summed E-state index contributed by atoms with van der Waals surface area (Å²) in [6.07, 6.45) is 0.935. The molecule has 3 aromatic carbocycles. The van der Waals surface area contributed by atoms with Crippen LogP contribution in [-0.4, -0.2) is 36.7 Å². The van der Waals surface area contributed by atoms with Crippen LogP contribution in [0.25, 0.3) is 10.2 Å². The van der Waals surface area contributed by atoms with Gasteiger partial charge in [0.05, 0.1) is 20.8 Å². The van der Waals surface area contributed by atoms with Crippen molar-refractivity contribution in [2.45, 2.75) is 44.4 Å². The molecule has 1 amide bonds. The van der Waals surface area contributed by atoms with E-state index in [0.717, 1.165) is 21.5 Å². The first-order valence-corrected chi connectivity index (χ1v) is 14.9. The minimum Gasteiger partial charge on any atom is -0.274 e. The Morgan fingerprint density at radius 1 is 0.973 bits per heavy atom. The molecule has 0 spiro atoms. The number of fused-ring (bicyclic) bond motifs is 1. The highest BCUT2D eigenvalue weighted by atomic mass is 32.2. The first-order chi connectivity index (χ1) is 17.7. The molecular formula is C29H31N3O3S2. The van der Waals surface area contributed by atoms with Crippen LogP contribution >= 0.6 is 11.3 Å². The van der Waals surface area contributed by atoms with E-state index in [4.69, 9.17) is 4.98 Å². The van der Waals surface area contributed by atoms with Gasteiger partial charge in [0.25, 0.3) is 0 Å². The van der Waals surface area contributed by atoms with Crippen molar-refractivity contribution in [1.29, 1.82) is 0 Å². The second kappa shape index (κ2) is 10.4. The number of piperidine rings is 1. The van der Waals surface area contributed by atoms with Gasteiger partial charge < -0.3 is 0 Å². The van der Waals surface area contributed by atoms with Crippen molar-refractivity contribution in [3.8, 4) is 0 Å². The minimum absolute atomic E-state index is 0.0382. The van der Waals surface area contributed by atoms with E-state index in [1.807, 2.05) is 55.5 Å². The second-order valence-electron chi connectivity index (χ2n) is 9.88. The maximum absolute atomic E-state index is 14.0. The van der Waals surface area contributed by atoms with Crippen molar-refractivity contribution in [2.75, 3.05) is 18.0 Å². The molecule has 1 aliphatic heterocycles. The summed E-state index contributed by atoms with van der Waals surface area (Å²) in [5, 5.41) is 0.637. The van der Waals surface area contributed by atoms with E-state index in [9.17, 15) is 13.2 Å². The number of sulfonamides is 1. The molecule has 8 heteroatoms. The molecule has 1 aromatic heterocycles. The average molecular weight is 534 g/mol. The van der Waals surface area contributed by atoms with Crippen LogP contribution in [0.4, 0.5) is 10.8 Å². The third-order valence-electron chi connectivity index (χ3n) is 6.97. The number of carbonyl (C=O) groups is 1. The Hall–Kier alpha value is -3.07. The number of thiazole rings is 1. The van der Waals surface area contributed by atoms with Crippen molar-refractivity contribution in [3.05, 3.63) is 83.9 Å². The number of benzene rings is 3. The summed E-state index contributed by atoms with van der Waals surface area (Å²) in [6.45, 7) is 6.84. The van der Waals surface area contributed by atoms with Crippen LogP contribution in [0.2, 0.25) is 0 Å². The van der Waals surface area contributed by atoms with Gasteiger partial charge in [-0.25, -0.2) is 13.4 Å². The fourth-order valence-corrected chi connectivity index (χ4v) is 7.14. The fraction of sp³-hybridized carbons (Fsp3) is 0.310. The summed E-state index contributed by atoms with van der Waals surface area (Å²) < 4.78 is 28.8. The Bertz CT molecular complexity index is 1470. The SMILES string of the molecule is Cc1ccc(S(=O)(=O)N2CCC(C(=O)N(c3ccc(C(C)C)cc3)c3nc4ccccc4s3)CC2)cc1. The smallest absolute Gasteiger partial charge is 0.243 e. The molecule has 0 atom stereocenters. The topological polar surface area (TPSA) is 70.6 Å². The highest BCUT2D eigenvalue weighted by molar-refractivity contribution is 7.89. The van der Waals surface area contributed by atoms with Gasteiger partial charge in [0.1, 0.15) is 0 Å².